The summed E-state index contributed by atoms with van der Waals surface area (Å²) >= 11 is 0. The number of anilines is 2. The van der Waals surface area contributed by atoms with Crippen molar-refractivity contribution in [1.29, 1.82) is 0 Å². The quantitative estimate of drug-likeness (QED) is 0.825. The summed E-state index contributed by atoms with van der Waals surface area (Å²) in [7, 11) is 3.72. The van der Waals surface area contributed by atoms with E-state index in [1.165, 1.54) is 0 Å². The Morgan fingerprint density at radius 2 is 1.94 bits per heavy atom. The van der Waals surface area contributed by atoms with Gasteiger partial charge in [-0.05, 0) is 18.6 Å². The van der Waals surface area contributed by atoms with E-state index >= 15 is 0 Å². The van der Waals surface area contributed by atoms with Gasteiger partial charge in [0.25, 0.3) is 0 Å². The van der Waals surface area contributed by atoms with Crippen LogP contribution in [0.2, 0.25) is 0 Å². The Morgan fingerprint density at radius 3 is 2.59 bits per heavy atom. The van der Waals surface area contributed by atoms with Crippen LogP contribution in [0.5, 0.6) is 0 Å². The van der Waals surface area contributed by atoms with Crippen LogP contribution in [-0.2, 0) is 0 Å². The van der Waals surface area contributed by atoms with Gasteiger partial charge >= 0.3 is 0 Å². The van der Waals surface area contributed by atoms with E-state index in [-0.39, 0.29) is 5.95 Å². The summed E-state index contributed by atoms with van der Waals surface area (Å²) in [5.41, 5.74) is 7.60. The normalized spacial score (nSPS) is 10.3. The molecule has 0 saturated carbocycles. The molecule has 0 aliphatic rings. The van der Waals surface area contributed by atoms with Gasteiger partial charge in [-0.25, -0.2) is 0 Å². The standard InChI is InChI=1S/C11H14N6/c1-7-6-13-5-4-8(7)9-14-10(12)16-11(15-9)17(2)3/h4-6H,1-3H3,(H2,12,14,15,16). The minimum absolute atomic E-state index is 0.218. The van der Waals surface area contributed by atoms with Crippen LogP contribution >= 0.6 is 0 Å². The molecule has 0 aromatic carbocycles. The molecule has 2 aromatic rings. The molecular formula is C11H14N6. The summed E-state index contributed by atoms with van der Waals surface area (Å²) in [5.74, 6) is 1.33. The molecule has 2 aromatic heterocycles. The minimum Gasteiger partial charge on any atom is -0.368 e. The van der Waals surface area contributed by atoms with Crippen LogP contribution in [0.4, 0.5) is 11.9 Å². The van der Waals surface area contributed by atoms with Crippen LogP contribution in [0.15, 0.2) is 18.5 Å². The fraction of sp³-hybridized carbons (Fsp3) is 0.273. The Labute approximate surface area is 99.6 Å². The van der Waals surface area contributed by atoms with Gasteiger partial charge in [-0.2, -0.15) is 15.0 Å². The molecule has 0 saturated heterocycles. The molecule has 6 nitrogen and oxygen atoms in total. The molecule has 0 radical (unpaired) electrons. The van der Waals surface area contributed by atoms with Gasteiger partial charge in [-0.3, -0.25) is 4.98 Å². The zero-order valence-electron chi connectivity index (χ0n) is 10.0. The number of hydrogen-bond acceptors (Lipinski definition) is 6. The number of pyridine rings is 1. The monoisotopic (exact) mass is 230 g/mol. The van der Waals surface area contributed by atoms with Crippen molar-refractivity contribution in [2.45, 2.75) is 6.92 Å². The van der Waals surface area contributed by atoms with Crippen LogP contribution in [0.25, 0.3) is 11.4 Å². The van der Waals surface area contributed by atoms with Gasteiger partial charge in [0.05, 0.1) is 0 Å². The topological polar surface area (TPSA) is 80.8 Å². The fourth-order valence-corrected chi connectivity index (χ4v) is 1.43. The second-order valence-electron chi connectivity index (χ2n) is 3.90. The van der Waals surface area contributed by atoms with E-state index in [0.29, 0.717) is 11.8 Å². The highest BCUT2D eigenvalue weighted by Crippen LogP contribution is 2.20. The highest BCUT2D eigenvalue weighted by atomic mass is 15.3. The van der Waals surface area contributed by atoms with Gasteiger partial charge in [-0.15, -0.1) is 0 Å². The maximum Gasteiger partial charge on any atom is 0.230 e. The van der Waals surface area contributed by atoms with Gasteiger partial charge < -0.3 is 10.6 Å². The van der Waals surface area contributed by atoms with E-state index in [0.717, 1.165) is 11.1 Å². The molecule has 0 aliphatic carbocycles. The number of nitrogen functional groups attached to an aromatic ring is 1. The van der Waals surface area contributed by atoms with Crippen molar-refractivity contribution in [3.8, 4) is 11.4 Å². The second kappa shape index (κ2) is 4.32. The van der Waals surface area contributed by atoms with Crippen LogP contribution < -0.4 is 10.6 Å². The lowest BCUT2D eigenvalue weighted by atomic mass is 10.1. The maximum atomic E-state index is 5.68. The summed E-state index contributed by atoms with van der Waals surface area (Å²) in [5, 5.41) is 0. The van der Waals surface area contributed by atoms with E-state index in [1.54, 1.807) is 17.3 Å². The Bertz CT molecular complexity index is 537. The molecule has 0 fully saturated rings. The Morgan fingerprint density at radius 1 is 1.18 bits per heavy atom. The van der Waals surface area contributed by atoms with Crippen molar-refractivity contribution < 1.29 is 0 Å². The molecule has 0 atom stereocenters. The molecule has 2 rings (SSSR count). The van der Waals surface area contributed by atoms with Crippen molar-refractivity contribution in [2.75, 3.05) is 24.7 Å². The van der Waals surface area contributed by atoms with E-state index < -0.39 is 0 Å². The fourth-order valence-electron chi connectivity index (χ4n) is 1.43. The lowest BCUT2D eigenvalue weighted by Gasteiger charge is -2.12. The van der Waals surface area contributed by atoms with Crippen LogP contribution in [0.3, 0.4) is 0 Å². The first kappa shape index (κ1) is 11.3. The van der Waals surface area contributed by atoms with Crippen molar-refractivity contribution in [2.24, 2.45) is 0 Å². The first-order chi connectivity index (χ1) is 8.08. The molecule has 88 valence electrons. The van der Waals surface area contributed by atoms with Gasteiger partial charge in [0.1, 0.15) is 0 Å². The average molecular weight is 230 g/mol. The number of nitrogens with two attached hydrogens (primary N) is 1. The molecule has 17 heavy (non-hydrogen) atoms. The third kappa shape index (κ3) is 2.30. The van der Waals surface area contributed by atoms with Crippen molar-refractivity contribution >= 4 is 11.9 Å². The summed E-state index contributed by atoms with van der Waals surface area (Å²) < 4.78 is 0. The summed E-state index contributed by atoms with van der Waals surface area (Å²) in [4.78, 5) is 18.4. The zero-order valence-corrected chi connectivity index (χ0v) is 10.0. The molecule has 0 amide bonds. The molecule has 0 bridgehead atoms. The molecule has 0 aliphatic heterocycles. The third-order valence-corrected chi connectivity index (χ3v) is 2.30. The minimum atomic E-state index is 0.218. The predicted molar refractivity (Wildman–Crippen MR) is 66.5 cm³/mol. The van der Waals surface area contributed by atoms with Crippen molar-refractivity contribution in [3.05, 3.63) is 24.0 Å². The van der Waals surface area contributed by atoms with E-state index in [2.05, 4.69) is 19.9 Å². The molecule has 6 heteroatoms. The number of rotatable bonds is 2. The van der Waals surface area contributed by atoms with E-state index in [9.17, 15) is 0 Å². The smallest absolute Gasteiger partial charge is 0.230 e. The largest absolute Gasteiger partial charge is 0.368 e. The van der Waals surface area contributed by atoms with Crippen LogP contribution in [0, 0.1) is 6.92 Å². The SMILES string of the molecule is Cc1cnccc1-c1nc(N)nc(N(C)C)n1. The molecule has 0 unspecified atom stereocenters. The zero-order chi connectivity index (χ0) is 12.4. The summed E-state index contributed by atoms with van der Waals surface area (Å²) in [6.07, 6.45) is 3.47. The first-order valence-electron chi connectivity index (χ1n) is 5.18. The van der Waals surface area contributed by atoms with Crippen LogP contribution in [0.1, 0.15) is 5.56 Å². The second-order valence-corrected chi connectivity index (χ2v) is 3.90. The lowest BCUT2D eigenvalue weighted by molar-refractivity contribution is 0.968. The number of nitrogens with zero attached hydrogens (tertiary/aromatic N) is 5. The maximum absolute atomic E-state index is 5.68. The lowest BCUT2D eigenvalue weighted by Crippen LogP contribution is -2.15. The highest BCUT2D eigenvalue weighted by Gasteiger charge is 2.09. The van der Waals surface area contributed by atoms with Gasteiger partial charge in [0.15, 0.2) is 5.82 Å². The molecule has 0 spiro atoms. The number of aromatic nitrogens is 4. The Balaban J connectivity index is 2.56. The van der Waals surface area contributed by atoms with Gasteiger partial charge in [0.2, 0.25) is 11.9 Å². The predicted octanol–water partition coefficient (Wildman–Crippen LogP) is 0.890. The average Bonchev–Trinajstić information content (AvgIpc) is 2.28. The van der Waals surface area contributed by atoms with Gasteiger partial charge in [0, 0.05) is 32.1 Å². The summed E-state index contributed by atoms with van der Waals surface area (Å²) in [6, 6.07) is 1.86. The number of hydrogen-bond donors (Lipinski definition) is 1. The molecular weight excluding hydrogens is 216 g/mol. The molecule has 2 heterocycles. The Kier molecular flexibility index (Phi) is 2.86. The first-order valence-corrected chi connectivity index (χ1v) is 5.18. The summed E-state index contributed by atoms with van der Waals surface area (Å²) in [6.45, 7) is 1.96. The van der Waals surface area contributed by atoms with Crippen molar-refractivity contribution in [1.82, 2.24) is 19.9 Å². The van der Waals surface area contributed by atoms with Gasteiger partial charge in [-0.1, -0.05) is 0 Å². The Hall–Kier alpha value is -2.24. The van der Waals surface area contributed by atoms with E-state index in [1.807, 2.05) is 27.1 Å². The van der Waals surface area contributed by atoms with Crippen molar-refractivity contribution in [3.63, 3.8) is 0 Å². The highest BCUT2D eigenvalue weighted by molar-refractivity contribution is 5.60. The van der Waals surface area contributed by atoms with Crippen LogP contribution in [-0.4, -0.2) is 34.0 Å². The molecule has 2 N–H and O–H groups in total. The van der Waals surface area contributed by atoms with E-state index in [4.69, 9.17) is 5.73 Å². The number of aryl methyl sites for hydroxylation is 1. The third-order valence-electron chi connectivity index (χ3n) is 2.30.